The first-order chi connectivity index (χ1) is 9.47. The lowest BCUT2D eigenvalue weighted by molar-refractivity contribution is -0.139. The average Bonchev–Trinajstić information content (AvgIpc) is 2.41. The maximum Gasteiger partial charge on any atom is 0.263 e. The molecule has 1 fully saturated rings. The summed E-state index contributed by atoms with van der Waals surface area (Å²) in [5.74, 6) is -0.201. The van der Waals surface area contributed by atoms with E-state index in [2.05, 4.69) is 5.32 Å². The number of ether oxygens (including phenoxy) is 1. The fourth-order valence-corrected chi connectivity index (χ4v) is 2.41. The topological polar surface area (TPSA) is 41.6 Å². The lowest BCUT2D eigenvalue weighted by atomic mass is 10.2. The number of rotatable bonds is 3. The van der Waals surface area contributed by atoms with E-state index in [1.165, 1.54) is 18.2 Å². The third kappa shape index (κ3) is 3.61. The number of hydrogen-bond acceptors (Lipinski definition) is 3. The molecule has 1 aliphatic heterocycles. The van der Waals surface area contributed by atoms with Crippen LogP contribution in [-0.2, 0) is 4.79 Å². The first-order valence-corrected chi connectivity index (χ1v) is 6.99. The van der Waals surface area contributed by atoms with Gasteiger partial charge in [-0.2, -0.15) is 0 Å². The van der Waals surface area contributed by atoms with E-state index in [0.717, 1.165) is 6.54 Å². The van der Waals surface area contributed by atoms with Crippen molar-refractivity contribution in [2.45, 2.75) is 26.0 Å². The molecule has 0 aliphatic carbocycles. The molecule has 0 aromatic heterocycles. The first kappa shape index (κ1) is 15.1. The van der Waals surface area contributed by atoms with E-state index in [1.807, 2.05) is 6.92 Å². The van der Waals surface area contributed by atoms with Crippen molar-refractivity contribution in [2.75, 3.05) is 19.6 Å². The number of amides is 1. The van der Waals surface area contributed by atoms with Gasteiger partial charge in [-0.3, -0.25) is 4.79 Å². The number of hydrogen-bond donors (Lipinski definition) is 1. The molecular formula is C14H18ClFN2O2. The minimum absolute atomic E-state index is 0.0845. The van der Waals surface area contributed by atoms with Gasteiger partial charge < -0.3 is 15.0 Å². The second-order valence-corrected chi connectivity index (χ2v) is 5.38. The molecule has 1 saturated heterocycles. The van der Waals surface area contributed by atoms with Crippen molar-refractivity contribution in [3.8, 4) is 5.75 Å². The summed E-state index contributed by atoms with van der Waals surface area (Å²) in [4.78, 5) is 14.0. The summed E-state index contributed by atoms with van der Waals surface area (Å²) in [6.45, 7) is 5.80. The Kier molecular flexibility index (Phi) is 4.83. The summed E-state index contributed by atoms with van der Waals surface area (Å²) >= 11 is 5.89. The van der Waals surface area contributed by atoms with E-state index < -0.39 is 11.9 Å². The minimum atomic E-state index is -0.650. The third-order valence-electron chi connectivity index (χ3n) is 3.23. The molecule has 1 aromatic carbocycles. The Morgan fingerprint density at radius 2 is 2.35 bits per heavy atom. The first-order valence-electron chi connectivity index (χ1n) is 6.61. The molecule has 4 nitrogen and oxygen atoms in total. The summed E-state index contributed by atoms with van der Waals surface area (Å²) in [7, 11) is 0. The molecule has 1 heterocycles. The molecule has 0 saturated carbocycles. The number of nitrogens with zero attached hydrogens (tertiary/aromatic N) is 1. The van der Waals surface area contributed by atoms with E-state index in [0.29, 0.717) is 18.8 Å². The van der Waals surface area contributed by atoms with Crippen LogP contribution >= 0.6 is 11.6 Å². The Morgan fingerprint density at radius 3 is 3.00 bits per heavy atom. The number of benzene rings is 1. The Bertz CT molecular complexity index is 498. The van der Waals surface area contributed by atoms with Gasteiger partial charge in [-0.05, 0) is 32.0 Å². The Hall–Kier alpha value is -1.33. The van der Waals surface area contributed by atoms with Crippen molar-refractivity contribution in [1.29, 1.82) is 0 Å². The van der Waals surface area contributed by atoms with Crippen LogP contribution in [0.2, 0.25) is 5.02 Å². The monoisotopic (exact) mass is 300 g/mol. The van der Waals surface area contributed by atoms with Crippen molar-refractivity contribution >= 4 is 17.5 Å². The molecule has 110 valence electrons. The van der Waals surface area contributed by atoms with Gasteiger partial charge in [-0.1, -0.05) is 11.6 Å². The van der Waals surface area contributed by atoms with E-state index in [9.17, 15) is 9.18 Å². The molecule has 0 bridgehead atoms. The van der Waals surface area contributed by atoms with E-state index in [4.69, 9.17) is 16.3 Å². The number of piperazine rings is 1. The summed E-state index contributed by atoms with van der Waals surface area (Å²) in [6, 6.07) is 4.13. The van der Waals surface area contributed by atoms with Crippen LogP contribution in [0.15, 0.2) is 18.2 Å². The van der Waals surface area contributed by atoms with Crippen LogP contribution in [0.25, 0.3) is 0 Å². The maximum absolute atomic E-state index is 13.0. The van der Waals surface area contributed by atoms with Gasteiger partial charge in [-0.15, -0.1) is 0 Å². The summed E-state index contributed by atoms with van der Waals surface area (Å²) in [5, 5.41) is 3.44. The van der Waals surface area contributed by atoms with Gasteiger partial charge in [0, 0.05) is 25.7 Å². The number of halogens is 2. The second kappa shape index (κ2) is 6.41. The highest BCUT2D eigenvalue weighted by Crippen LogP contribution is 2.26. The van der Waals surface area contributed by atoms with Crippen LogP contribution in [0.3, 0.4) is 0 Å². The van der Waals surface area contributed by atoms with Crippen molar-refractivity contribution < 1.29 is 13.9 Å². The van der Waals surface area contributed by atoms with Gasteiger partial charge in [0.15, 0.2) is 6.10 Å². The van der Waals surface area contributed by atoms with E-state index >= 15 is 0 Å². The molecule has 2 atom stereocenters. The predicted octanol–water partition coefficient (Wildman–Crippen LogP) is 2.07. The van der Waals surface area contributed by atoms with Crippen LogP contribution in [0, 0.1) is 5.82 Å². The Balaban J connectivity index is 2.00. The predicted molar refractivity (Wildman–Crippen MR) is 75.5 cm³/mol. The third-order valence-corrected chi connectivity index (χ3v) is 3.52. The smallest absolute Gasteiger partial charge is 0.263 e. The molecule has 2 rings (SSSR count). The van der Waals surface area contributed by atoms with Crippen LogP contribution in [0.4, 0.5) is 4.39 Å². The summed E-state index contributed by atoms with van der Waals surface area (Å²) < 4.78 is 18.5. The molecule has 1 N–H and O–H groups in total. The molecular weight excluding hydrogens is 283 g/mol. The van der Waals surface area contributed by atoms with Gasteiger partial charge in [0.2, 0.25) is 0 Å². The largest absolute Gasteiger partial charge is 0.479 e. The van der Waals surface area contributed by atoms with Gasteiger partial charge in [0.05, 0.1) is 5.02 Å². The number of nitrogens with one attached hydrogen (secondary N) is 1. The fourth-order valence-electron chi connectivity index (χ4n) is 2.20. The van der Waals surface area contributed by atoms with Crippen LogP contribution < -0.4 is 10.1 Å². The normalized spacial score (nSPS) is 20.6. The highest BCUT2D eigenvalue weighted by molar-refractivity contribution is 6.32. The van der Waals surface area contributed by atoms with Gasteiger partial charge in [0.25, 0.3) is 5.91 Å². The highest BCUT2D eigenvalue weighted by atomic mass is 35.5. The summed E-state index contributed by atoms with van der Waals surface area (Å²) in [6.07, 6.45) is -0.650. The molecule has 2 unspecified atom stereocenters. The van der Waals surface area contributed by atoms with Crippen LogP contribution in [-0.4, -0.2) is 42.6 Å². The lowest BCUT2D eigenvalue weighted by Crippen LogP contribution is -2.54. The van der Waals surface area contributed by atoms with Gasteiger partial charge >= 0.3 is 0 Å². The van der Waals surface area contributed by atoms with Crippen molar-refractivity contribution in [1.82, 2.24) is 10.2 Å². The van der Waals surface area contributed by atoms with Crippen molar-refractivity contribution in [3.63, 3.8) is 0 Å². The molecule has 0 spiro atoms. The zero-order chi connectivity index (χ0) is 14.7. The second-order valence-electron chi connectivity index (χ2n) is 4.97. The SMILES string of the molecule is CC1CN(C(=O)C(C)Oc2ccc(F)cc2Cl)CCN1. The zero-order valence-corrected chi connectivity index (χ0v) is 12.3. The maximum atomic E-state index is 13.0. The van der Waals surface area contributed by atoms with E-state index in [-0.39, 0.29) is 17.0 Å². The molecule has 1 aliphatic rings. The average molecular weight is 301 g/mol. The van der Waals surface area contributed by atoms with Gasteiger partial charge in [0.1, 0.15) is 11.6 Å². The fraction of sp³-hybridized carbons (Fsp3) is 0.500. The van der Waals surface area contributed by atoms with Crippen molar-refractivity contribution in [3.05, 3.63) is 29.0 Å². The molecule has 1 aromatic rings. The van der Waals surface area contributed by atoms with Crippen molar-refractivity contribution in [2.24, 2.45) is 0 Å². The van der Waals surface area contributed by atoms with Crippen LogP contribution in [0.5, 0.6) is 5.75 Å². The molecule has 0 radical (unpaired) electrons. The number of carbonyl (C=O) groups is 1. The highest BCUT2D eigenvalue weighted by Gasteiger charge is 2.26. The lowest BCUT2D eigenvalue weighted by Gasteiger charge is -2.33. The zero-order valence-electron chi connectivity index (χ0n) is 11.5. The Morgan fingerprint density at radius 1 is 1.60 bits per heavy atom. The quantitative estimate of drug-likeness (QED) is 0.929. The molecule has 20 heavy (non-hydrogen) atoms. The van der Waals surface area contributed by atoms with E-state index in [1.54, 1.807) is 11.8 Å². The molecule has 6 heteroatoms. The minimum Gasteiger partial charge on any atom is -0.479 e. The summed E-state index contributed by atoms with van der Waals surface area (Å²) in [5.41, 5.74) is 0. The van der Waals surface area contributed by atoms with Gasteiger partial charge in [-0.25, -0.2) is 4.39 Å². The van der Waals surface area contributed by atoms with Crippen LogP contribution in [0.1, 0.15) is 13.8 Å². The standard InChI is InChI=1S/C14H18ClFN2O2/c1-9-8-18(6-5-17-9)14(19)10(2)20-13-4-3-11(16)7-12(13)15/h3-4,7,9-10,17H,5-6,8H2,1-2H3. The molecule has 1 amide bonds. The number of carbonyl (C=O) groups excluding carboxylic acids is 1. The Labute approximate surface area is 122 Å².